The SMILES string of the molecule is COC(=O)C1C[C@@H](C(=O)O)N(C(=O)[C@H](C)CS)[C@H]1c1ccccc1. The third kappa shape index (κ3) is 3.40. The summed E-state index contributed by atoms with van der Waals surface area (Å²) in [5.41, 5.74) is 0.719. The number of carboxylic acids is 1. The normalized spacial score (nSPS) is 24.5. The average Bonchev–Trinajstić information content (AvgIpc) is 3.01. The smallest absolute Gasteiger partial charge is 0.326 e. The van der Waals surface area contributed by atoms with Gasteiger partial charge >= 0.3 is 11.9 Å². The summed E-state index contributed by atoms with van der Waals surface area (Å²) in [4.78, 5) is 38.0. The first kappa shape index (κ1) is 18.3. The number of rotatable bonds is 5. The van der Waals surface area contributed by atoms with Gasteiger partial charge in [-0.15, -0.1) is 0 Å². The summed E-state index contributed by atoms with van der Waals surface area (Å²) < 4.78 is 4.84. The lowest BCUT2D eigenvalue weighted by atomic mass is 9.93. The number of carbonyl (C=O) groups excluding carboxylic acids is 2. The molecule has 1 saturated heterocycles. The number of amides is 1. The van der Waals surface area contributed by atoms with E-state index in [4.69, 9.17) is 4.74 Å². The first-order valence-corrected chi connectivity index (χ1v) is 8.34. The van der Waals surface area contributed by atoms with Gasteiger partial charge in [-0.1, -0.05) is 37.3 Å². The molecule has 1 fully saturated rings. The molecule has 0 radical (unpaired) electrons. The largest absolute Gasteiger partial charge is 0.480 e. The first-order valence-electron chi connectivity index (χ1n) is 7.71. The van der Waals surface area contributed by atoms with Crippen molar-refractivity contribution in [2.45, 2.75) is 25.4 Å². The van der Waals surface area contributed by atoms with Crippen LogP contribution in [0.25, 0.3) is 0 Å². The number of hydrogen-bond donors (Lipinski definition) is 2. The van der Waals surface area contributed by atoms with Gasteiger partial charge in [0.15, 0.2) is 0 Å². The Morgan fingerprint density at radius 2 is 1.96 bits per heavy atom. The highest BCUT2D eigenvalue weighted by Gasteiger charge is 2.51. The van der Waals surface area contributed by atoms with Crippen molar-refractivity contribution in [3.05, 3.63) is 35.9 Å². The number of carboxylic acid groups (broad SMARTS) is 1. The fraction of sp³-hybridized carbons (Fsp3) is 0.471. The number of benzene rings is 1. The Labute approximate surface area is 146 Å². The van der Waals surface area contributed by atoms with E-state index in [2.05, 4.69) is 12.6 Å². The van der Waals surface area contributed by atoms with E-state index in [1.54, 1.807) is 31.2 Å². The highest BCUT2D eigenvalue weighted by atomic mass is 32.1. The molecule has 24 heavy (non-hydrogen) atoms. The zero-order chi connectivity index (χ0) is 17.9. The Bertz CT molecular complexity index is 621. The Morgan fingerprint density at radius 1 is 1.33 bits per heavy atom. The molecule has 0 aliphatic carbocycles. The Balaban J connectivity index is 2.52. The molecular formula is C17H21NO5S. The summed E-state index contributed by atoms with van der Waals surface area (Å²) in [6.07, 6.45) is 0.0343. The molecular weight excluding hydrogens is 330 g/mol. The van der Waals surface area contributed by atoms with Crippen LogP contribution in [0.4, 0.5) is 0 Å². The second kappa shape index (κ2) is 7.70. The van der Waals surface area contributed by atoms with Crippen molar-refractivity contribution < 1.29 is 24.2 Å². The van der Waals surface area contributed by atoms with Gasteiger partial charge in [-0.3, -0.25) is 9.59 Å². The number of likely N-dealkylation sites (tertiary alicyclic amines) is 1. The minimum atomic E-state index is -1.12. The predicted molar refractivity (Wildman–Crippen MR) is 90.6 cm³/mol. The maximum Gasteiger partial charge on any atom is 0.326 e. The molecule has 1 aromatic carbocycles. The molecule has 1 aromatic rings. The summed E-state index contributed by atoms with van der Waals surface area (Å²) in [7, 11) is 1.26. The fourth-order valence-electron chi connectivity index (χ4n) is 3.13. The Morgan fingerprint density at radius 3 is 2.46 bits per heavy atom. The van der Waals surface area contributed by atoms with Crippen molar-refractivity contribution in [1.82, 2.24) is 4.90 Å². The minimum absolute atomic E-state index is 0.0343. The number of methoxy groups -OCH3 is 1. The van der Waals surface area contributed by atoms with E-state index in [-0.39, 0.29) is 12.3 Å². The van der Waals surface area contributed by atoms with Crippen LogP contribution in [0.2, 0.25) is 0 Å². The van der Waals surface area contributed by atoms with Crippen LogP contribution >= 0.6 is 12.6 Å². The zero-order valence-corrected chi connectivity index (χ0v) is 14.5. The van der Waals surface area contributed by atoms with E-state index in [0.29, 0.717) is 5.75 Å². The summed E-state index contributed by atoms with van der Waals surface area (Å²) in [6.45, 7) is 1.70. The Kier molecular flexibility index (Phi) is 5.88. The van der Waals surface area contributed by atoms with Gasteiger partial charge in [0, 0.05) is 11.7 Å². The first-order chi connectivity index (χ1) is 11.4. The van der Waals surface area contributed by atoms with Crippen molar-refractivity contribution >= 4 is 30.5 Å². The van der Waals surface area contributed by atoms with Gasteiger partial charge in [0.05, 0.1) is 19.1 Å². The van der Waals surface area contributed by atoms with Crippen LogP contribution in [0, 0.1) is 11.8 Å². The highest BCUT2D eigenvalue weighted by Crippen LogP contribution is 2.42. The number of aliphatic carboxylic acids is 1. The molecule has 2 rings (SSSR count). The van der Waals surface area contributed by atoms with Crippen LogP contribution in [0.1, 0.15) is 24.9 Å². The van der Waals surface area contributed by atoms with E-state index in [1.165, 1.54) is 12.0 Å². The van der Waals surface area contributed by atoms with E-state index >= 15 is 0 Å². The van der Waals surface area contributed by atoms with Crippen molar-refractivity contribution in [1.29, 1.82) is 0 Å². The van der Waals surface area contributed by atoms with Crippen LogP contribution in [0.5, 0.6) is 0 Å². The number of hydrogen-bond acceptors (Lipinski definition) is 5. The second-order valence-electron chi connectivity index (χ2n) is 5.90. The standard InChI is InChI=1S/C17H21NO5S/c1-10(9-24)15(19)18-13(16(20)21)8-12(17(22)23-2)14(18)11-6-4-3-5-7-11/h3-7,10,12-14,24H,8-9H2,1-2H3,(H,20,21)/t10-,12?,13+,14+/m1/s1. The molecule has 1 unspecified atom stereocenters. The monoisotopic (exact) mass is 351 g/mol. The molecule has 0 saturated carbocycles. The topological polar surface area (TPSA) is 83.9 Å². The van der Waals surface area contributed by atoms with Gasteiger partial charge in [-0.25, -0.2) is 4.79 Å². The number of esters is 1. The van der Waals surface area contributed by atoms with Gasteiger partial charge in [0.2, 0.25) is 5.91 Å². The fourth-order valence-corrected chi connectivity index (χ4v) is 3.29. The molecule has 1 aliphatic rings. The van der Waals surface area contributed by atoms with Crippen LogP contribution in [0.3, 0.4) is 0 Å². The number of carbonyl (C=O) groups is 3. The predicted octanol–water partition coefficient (Wildman–Crippen LogP) is 1.77. The summed E-state index contributed by atoms with van der Waals surface area (Å²) in [5, 5.41) is 9.56. The molecule has 130 valence electrons. The lowest BCUT2D eigenvalue weighted by molar-refractivity contribution is -0.152. The lowest BCUT2D eigenvalue weighted by Gasteiger charge is -2.32. The van der Waals surface area contributed by atoms with Crippen LogP contribution < -0.4 is 0 Å². The van der Waals surface area contributed by atoms with E-state index in [9.17, 15) is 19.5 Å². The van der Waals surface area contributed by atoms with Crippen molar-refractivity contribution in [2.75, 3.05) is 12.9 Å². The maximum absolute atomic E-state index is 12.8. The number of ether oxygens (including phenoxy) is 1. The molecule has 6 nitrogen and oxygen atoms in total. The highest BCUT2D eigenvalue weighted by molar-refractivity contribution is 7.80. The molecule has 4 atom stereocenters. The van der Waals surface area contributed by atoms with Crippen LogP contribution in [-0.2, 0) is 19.1 Å². The summed E-state index contributed by atoms with van der Waals surface area (Å²) in [5.74, 6) is -2.82. The van der Waals surface area contributed by atoms with E-state index in [0.717, 1.165) is 5.56 Å². The minimum Gasteiger partial charge on any atom is -0.480 e. The molecule has 0 aromatic heterocycles. The van der Waals surface area contributed by atoms with Gasteiger partial charge in [0.1, 0.15) is 6.04 Å². The summed E-state index contributed by atoms with van der Waals surface area (Å²) in [6, 6.07) is 7.27. The third-order valence-electron chi connectivity index (χ3n) is 4.37. The van der Waals surface area contributed by atoms with Crippen LogP contribution in [-0.4, -0.2) is 46.8 Å². The molecule has 7 heteroatoms. The molecule has 1 aliphatic heterocycles. The van der Waals surface area contributed by atoms with Crippen molar-refractivity contribution in [2.24, 2.45) is 11.8 Å². The van der Waals surface area contributed by atoms with Gasteiger partial charge < -0.3 is 14.7 Å². The van der Waals surface area contributed by atoms with Gasteiger partial charge in [-0.2, -0.15) is 12.6 Å². The van der Waals surface area contributed by atoms with E-state index in [1.807, 2.05) is 6.07 Å². The zero-order valence-electron chi connectivity index (χ0n) is 13.6. The number of nitrogens with zero attached hydrogens (tertiary/aromatic N) is 1. The quantitative estimate of drug-likeness (QED) is 0.624. The van der Waals surface area contributed by atoms with E-state index < -0.39 is 35.9 Å². The van der Waals surface area contributed by atoms with Crippen LogP contribution in [0.15, 0.2) is 30.3 Å². The number of thiol groups is 1. The second-order valence-corrected chi connectivity index (χ2v) is 6.27. The summed E-state index contributed by atoms with van der Waals surface area (Å²) >= 11 is 4.14. The van der Waals surface area contributed by atoms with Gasteiger partial charge in [-0.05, 0) is 12.0 Å². The van der Waals surface area contributed by atoms with Crippen molar-refractivity contribution in [3.8, 4) is 0 Å². The molecule has 1 heterocycles. The van der Waals surface area contributed by atoms with Crippen molar-refractivity contribution in [3.63, 3.8) is 0 Å². The molecule has 0 bridgehead atoms. The maximum atomic E-state index is 12.8. The Hall–Kier alpha value is -2.02. The molecule has 1 N–H and O–H groups in total. The average molecular weight is 351 g/mol. The molecule has 0 spiro atoms. The third-order valence-corrected chi connectivity index (χ3v) is 4.92. The van der Waals surface area contributed by atoms with Gasteiger partial charge in [0.25, 0.3) is 0 Å². The lowest BCUT2D eigenvalue weighted by Crippen LogP contribution is -2.45. The molecule has 1 amide bonds.